The predicted octanol–water partition coefficient (Wildman–Crippen LogP) is 5.05. The van der Waals surface area contributed by atoms with Crippen molar-refractivity contribution < 1.29 is 4.74 Å². The first-order valence-electron chi connectivity index (χ1n) is 9.40. The minimum atomic E-state index is -0.0343. The van der Waals surface area contributed by atoms with Crippen LogP contribution in [-0.4, -0.2) is 25.7 Å². The highest BCUT2D eigenvalue weighted by atomic mass is 32.1. The van der Waals surface area contributed by atoms with E-state index in [2.05, 4.69) is 41.5 Å². The minimum Gasteiger partial charge on any atom is -0.496 e. The molecule has 0 spiro atoms. The molecule has 2 aromatic carbocycles. The zero-order valence-corrected chi connectivity index (χ0v) is 17.4. The van der Waals surface area contributed by atoms with E-state index < -0.39 is 0 Å². The topological polar surface area (TPSA) is 54.1 Å². The van der Waals surface area contributed by atoms with Crippen molar-refractivity contribution >= 4 is 32.3 Å². The fraction of sp³-hybridized carbons (Fsp3) is 0.261. The van der Waals surface area contributed by atoms with Crippen LogP contribution in [0.15, 0.2) is 46.6 Å². The molecule has 0 aliphatic rings. The van der Waals surface area contributed by atoms with Crippen molar-refractivity contribution in [2.45, 2.75) is 19.8 Å². The zero-order chi connectivity index (χ0) is 19.8. The van der Waals surface area contributed by atoms with Crippen molar-refractivity contribution in [2.24, 2.45) is 0 Å². The van der Waals surface area contributed by atoms with E-state index in [1.807, 2.05) is 31.5 Å². The lowest BCUT2D eigenvalue weighted by Gasteiger charge is -2.17. The van der Waals surface area contributed by atoms with Gasteiger partial charge in [-0.15, -0.1) is 11.3 Å². The van der Waals surface area contributed by atoms with Crippen molar-refractivity contribution in [3.05, 3.63) is 63.3 Å². The predicted molar refractivity (Wildman–Crippen MR) is 119 cm³/mol. The first-order valence-corrected chi connectivity index (χ1v) is 10.3. The molecule has 0 bridgehead atoms. The average Bonchev–Trinajstić information content (AvgIpc) is 3.19. The molecule has 2 heterocycles. The highest BCUT2D eigenvalue weighted by Crippen LogP contribution is 2.41. The molecule has 144 valence electrons. The van der Waals surface area contributed by atoms with Gasteiger partial charge < -0.3 is 15.0 Å². The Balaban J connectivity index is 2.02. The molecule has 0 fully saturated rings. The van der Waals surface area contributed by atoms with Gasteiger partial charge in [-0.3, -0.25) is 4.79 Å². The number of benzene rings is 2. The van der Waals surface area contributed by atoms with Crippen molar-refractivity contribution in [3.8, 4) is 16.9 Å². The number of ether oxygens (including phenoxy) is 1. The Morgan fingerprint density at radius 2 is 1.96 bits per heavy atom. The van der Waals surface area contributed by atoms with Crippen molar-refractivity contribution in [1.29, 1.82) is 0 Å². The monoisotopic (exact) mass is 392 g/mol. The number of fused-ring (bicyclic) bond motifs is 3. The summed E-state index contributed by atoms with van der Waals surface area (Å²) in [5.41, 5.74) is 5.24. The van der Waals surface area contributed by atoms with E-state index in [1.165, 1.54) is 16.9 Å². The number of pyridine rings is 1. The largest absolute Gasteiger partial charge is 0.496 e. The summed E-state index contributed by atoms with van der Waals surface area (Å²) in [5.74, 6) is 1.26. The molecule has 0 aliphatic carbocycles. The van der Waals surface area contributed by atoms with Gasteiger partial charge in [-0.1, -0.05) is 31.2 Å². The molecule has 4 rings (SSSR count). The molecule has 2 aromatic heterocycles. The third-order valence-corrected chi connectivity index (χ3v) is 6.28. The maximum atomic E-state index is 12.5. The van der Waals surface area contributed by atoms with Crippen molar-refractivity contribution in [1.82, 2.24) is 10.3 Å². The van der Waals surface area contributed by atoms with Crippen LogP contribution in [0.3, 0.4) is 0 Å². The van der Waals surface area contributed by atoms with Gasteiger partial charge in [-0.25, -0.2) is 0 Å². The van der Waals surface area contributed by atoms with E-state index in [1.54, 1.807) is 7.11 Å². The number of aryl methyl sites for hydroxylation is 1. The van der Waals surface area contributed by atoms with Crippen molar-refractivity contribution in [2.75, 3.05) is 20.7 Å². The fourth-order valence-corrected chi connectivity index (χ4v) is 4.71. The van der Waals surface area contributed by atoms with Crippen LogP contribution < -0.4 is 15.6 Å². The first kappa shape index (κ1) is 18.7. The number of aromatic nitrogens is 1. The standard InChI is InChI=1S/C23H24N2O2S/c1-13-11-18(27-4)19(16-7-5-15(6-8-16)14(2)12-24-3)20-17-9-10-28-22(17)23(26)25-21(13)20/h5-11,14,24H,12H2,1-4H3,(H,25,26). The molecule has 4 aromatic rings. The van der Waals surface area contributed by atoms with Crippen LogP contribution in [0.4, 0.5) is 0 Å². The first-order chi connectivity index (χ1) is 13.5. The number of nitrogens with one attached hydrogen (secondary N) is 2. The number of likely N-dealkylation sites (N-methyl/N-ethyl adjacent to an activating group) is 1. The molecule has 5 heteroatoms. The van der Waals surface area contributed by atoms with Crippen LogP contribution in [0.25, 0.3) is 32.1 Å². The molecular weight excluding hydrogens is 368 g/mol. The summed E-state index contributed by atoms with van der Waals surface area (Å²) in [5, 5.41) is 7.23. The lowest BCUT2D eigenvalue weighted by atomic mass is 9.93. The zero-order valence-electron chi connectivity index (χ0n) is 16.6. The van der Waals surface area contributed by atoms with Gasteiger partial charge in [0, 0.05) is 22.9 Å². The molecule has 1 unspecified atom stereocenters. The lowest BCUT2D eigenvalue weighted by Crippen LogP contribution is -2.14. The highest BCUT2D eigenvalue weighted by Gasteiger charge is 2.18. The van der Waals surface area contributed by atoms with Crippen LogP contribution in [-0.2, 0) is 0 Å². The summed E-state index contributed by atoms with van der Waals surface area (Å²) < 4.78 is 6.51. The molecule has 0 aliphatic heterocycles. The lowest BCUT2D eigenvalue weighted by molar-refractivity contribution is 0.416. The van der Waals surface area contributed by atoms with Crippen LogP contribution in [0.1, 0.15) is 24.0 Å². The van der Waals surface area contributed by atoms with Gasteiger partial charge in [0.05, 0.1) is 12.6 Å². The summed E-state index contributed by atoms with van der Waals surface area (Å²) in [6, 6.07) is 12.7. The van der Waals surface area contributed by atoms with Gasteiger partial charge >= 0.3 is 0 Å². The van der Waals surface area contributed by atoms with E-state index in [4.69, 9.17) is 4.74 Å². The summed E-state index contributed by atoms with van der Waals surface area (Å²) in [4.78, 5) is 15.6. The number of methoxy groups -OCH3 is 1. The molecule has 0 radical (unpaired) electrons. The van der Waals surface area contributed by atoms with Crippen molar-refractivity contribution in [3.63, 3.8) is 0 Å². The van der Waals surface area contributed by atoms with E-state index in [0.717, 1.165) is 50.0 Å². The molecule has 0 saturated carbocycles. The SMILES string of the molecule is CNCC(C)c1ccc(-c2c(OC)cc(C)c3[nH]c(=O)c4sccc4c23)cc1. The summed E-state index contributed by atoms with van der Waals surface area (Å²) in [7, 11) is 3.67. The fourth-order valence-electron chi connectivity index (χ4n) is 3.92. The average molecular weight is 393 g/mol. The number of H-pyrrole nitrogens is 1. The van der Waals surface area contributed by atoms with Crippen LogP contribution >= 0.6 is 11.3 Å². The summed E-state index contributed by atoms with van der Waals surface area (Å²) in [6.07, 6.45) is 0. The Hall–Kier alpha value is -2.63. The molecule has 28 heavy (non-hydrogen) atoms. The van der Waals surface area contributed by atoms with E-state index in [-0.39, 0.29) is 5.56 Å². The van der Waals surface area contributed by atoms with Crippen LogP contribution in [0, 0.1) is 6.92 Å². The second-order valence-electron chi connectivity index (χ2n) is 7.22. The molecule has 0 amide bonds. The van der Waals surface area contributed by atoms with Crippen LogP contribution in [0.5, 0.6) is 5.75 Å². The normalized spacial score (nSPS) is 12.6. The quantitative estimate of drug-likeness (QED) is 0.500. The maximum absolute atomic E-state index is 12.5. The van der Waals surface area contributed by atoms with Crippen LogP contribution in [0.2, 0.25) is 0 Å². The van der Waals surface area contributed by atoms with Gasteiger partial charge in [-0.2, -0.15) is 0 Å². The molecule has 0 saturated heterocycles. The third-order valence-electron chi connectivity index (χ3n) is 5.37. The number of aromatic amines is 1. The molecule has 4 nitrogen and oxygen atoms in total. The number of hydrogen-bond acceptors (Lipinski definition) is 4. The number of rotatable bonds is 5. The molecule has 1 atom stereocenters. The van der Waals surface area contributed by atoms with Gasteiger partial charge in [0.1, 0.15) is 10.4 Å². The van der Waals surface area contributed by atoms with Gasteiger partial charge in [0.2, 0.25) is 0 Å². The van der Waals surface area contributed by atoms with Gasteiger partial charge in [0.25, 0.3) is 5.56 Å². The van der Waals surface area contributed by atoms with Gasteiger partial charge in [0.15, 0.2) is 0 Å². The van der Waals surface area contributed by atoms with E-state index >= 15 is 0 Å². The molecule has 2 N–H and O–H groups in total. The second-order valence-corrected chi connectivity index (χ2v) is 8.14. The highest BCUT2D eigenvalue weighted by molar-refractivity contribution is 7.17. The Morgan fingerprint density at radius 1 is 1.21 bits per heavy atom. The Bertz CT molecular complexity index is 1210. The smallest absolute Gasteiger partial charge is 0.266 e. The van der Waals surface area contributed by atoms with E-state index in [9.17, 15) is 4.79 Å². The second kappa shape index (κ2) is 7.41. The summed E-state index contributed by atoms with van der Waals surface area (Å²) in [6.45, 7) is 5.16. The Kier molecular flexibility index (Phi) is 4.96. The summed E-state index contributed by atoms with van der Waals surface area (Å²) >= 11 is 1.47. The molecular formula is C23H24N2O2S. The Labute approximate surface area is 168 Å². The third kappa shape index (κ3) is 3.01. The number of hydrogen-bond donors (Lipinski definition) is 2. The number of thiophene rings is 1. The Morgan fingerprint density at radius 3 is 2.64 bits per heavy atom. The maximum Gasteiger partial charge on any atom is 0.266 e. The van der Waals surface area contributed by atoms with E-state index in [0.29, 0.717) is 5.92 Å². The van der Waals surface area contributed by atoms with Gasteiger partial charge in [-0.05, 0) is 54.1 Å². The minimum absolute atomic E-state index is 0.0343.